The molecule has 2 heterocycles. The quantitative estimate of drug-likeness (QED) is 0.832. The van der Waals surface area contributed by atoms with E-state index in [-0.39, 0.29) is 18.4 Å². The number of amides is 1. The van der Waals surface area contributed by atoms with Crippen LogP contribution in [-0.2, 0) is 9.59 Å². The van der Waals surface area contributed by atoms with Gasteiger partial charge < -0.3 is 10.0 Å². The van der Waals surface area contributed by atoms with E-state index < -0.39 is 11.9 Å². The lowest BCUT2D eigenvalue weighted by molar-refractivity contribution is -0.141. The smallest absolute Gasteiger partial charge is 0.308 e. The molecule has 0 aromatic heterocycles. The molecule has 19 heavy (non-hydrogen) atoms. The molecule has 3 atom stereocenters. The Bertz CT molecular complexity index is 359. The van der Waals surface area contributed by atoms with Crippen LogP contribution in [0.3, 0.4) is 0 Å². The van der Waals surface area contributed by atoms with E-state index in [4.69, 9.17) is 5.11 Å². The molecular formula is C14H24N2O3. The summed E-state index contributed by atoms with van der Waals surface area (Å²) in [6.45, 7) is 6.78. The average molecular weight is 268 g/mol. The summed E-state index contributed by atoms with van der Waals surface area (Å²) in [4.78, 5) is 27.2. The van der Waals surface area contributed by atoms with E-state index in [1.165, 1.54) is 0 Å². The van der Waals surface area contributed by atoms with E-state index in [0.29, 0.717) is 12.6 Å². The Balaban J connectivity index is 1.98. The highest BCUT2D eigenvalue weighted by molar-refractivity contribution is 5.86. The molecule has 0 aromatic carbocycles. The number of carbonyl (C=O) groups excluding carboxylic acids is 1. The molecule has 0 aliphatic carbocycles. The fourth-order valence-electron chi connectivity index (χ4n) is 3.15. The lowest BCUT2D eigenvalue weighted by atomic mass is 10.0. The van der Waals surface area contributed by atoms with Crippen molar-refractivity contribution >= 4 is 11.9 Å². The van der Waals surface area contributed by atoms with Crippen molar-refractivity contribution in [2.75, 3.05) is 19.6 Å². The molecule has 108 valence electrons. The fraction of sp³-hybridized carbons (Fsp3) is 0.857. The lowest BCUT2D eigenvalue weighted by Crippen LogP contribution is -2.51. The Labute approximate surface area is 114 Å². The van der Waals surface area contributed by atoms with Crippen molar-refractivity contribution in [2.45, 2.75) is 51.6 Å². The van der Waals surface area contributed by atoms with Crippen LogP contribution in [0.15, 0.2) is 0 Å². The molecule has 0 saturated carbocycles. The zero-order valence-corrected chi connectivity index (χ0v) is 11.8. The highest BCUT2D eigenvalue weighted by Gasteiger charge is 2.39. The minimum Gasteiger partial charge on any atom is -0.481 e. The van der Waals surface area contributed by atoms with Crippen molar-refractivity contribution < 1.29 is 14.7 Å². The van der Waals surface area contributed by atoms with Gasteiger partial charge in [-0.3, -0.25) is 14.5 Å². The van der Waals surface area contributed by atoms with Crippen LogP contribution in [0.5, 0.6) is 0 Å². The van der Waals surface area contributed by atoms with E-state index in [2.05, 4.69) is 18.7 Å². The van der Waals surface area contributed by atoms with Crippen LogP contribution >= 0.6 is 0 Å². The van der Waals surface area contributed by atoms with Gasteiger partial charge in [-0.15, -0.1) is 0 Å². The van der Waals surface area contributed by atoms with E-state index in [0.717, 1.165) is 32.4 Å². The summed E-state index contributed by atoms with van der Waals surface area (Å²) in [5.74, 6) is -1.33. The van der Waals surface area contributed by atoms with Crippen LogP contribution in [0, 0.1) is 5.92 Å². The number of carboxylic acids is 1. The van der Waals surface area contributed by atoms with Crippen LogP contribution in [0.1, 0.15) is 39.5 Å². The number of aliphatic carboxylic acids is 1. The maximum Gasteiger partial charge on any atom is 0.308 e. The molecule has 5 nitrogen and oxygen atoms in total. The summed E-state index contributed by atoms with van der Waals surface area (Å²) in [6.07, 6.45) is 3.38. The summed E-state index contributed by atoms with van der Waals surface area (Å²) in [5, 5.41) is 9.04. The third-order valence-electron chi connectivity index (χ3n) is 4.59. The summed E-state index contributed by atoms with van der Waals surface area (Å²) in [5.41, 5.74) is 0. The summed E-state index contributed by atoms with van der Waals surface area (Å²) in [7, 11) is 0. The first-order valence-corrected chi connectivity index (χ1v) is 7.29. The van der Waals surface area contributed by atoms with Crippen molar-refractivity contribution in [3.8, 4) is 0 Å². The Morgan fingerprint density at radius 1 is 1.47 bits per heavy atom. The zero-order chi connectivity index (χ0) is 14.0. The normalized spacial score (nSPS) is 30.6. The van der Waals surface area contributed by atoms with Gasteiger partial charge in [0.25, 0.3) is 0 Å². The van der Waals surface area contributed by atoms with Crippen LogP contribution in [0.25, 0.3) is 0 Å². The summed E-state index contributed by atoms with van der Waals surface area (Å²) >= 11 is 0. The highest BCUT2D eigenvalue weighted by Crippen LogP contribution is 2.26. The molecule has 0 bridgehead atoms. The summed E-state index contributed by atoms with van der Waals surface area (Å²) in [6, 6.07) is 0.746. The van der Waals surface area contributed by atoms with Gasteiger partial charge >= 0.3 is 5.97 Å². The third kappa shape index (κ3) is 3.08. The number of hydrogen-bond acceptors (Lipinski definition) is 3. The highest BCUT2D eigenvalue weighted by atomic mass is 16.4. The van der Waals surface area contributed by atoms with Gasteiger partial charge in [0.1, 0.15) is 0 Å². The van der Waals surface area contributed by atoms with E-state index in [9.17, 15) is 9.59 Å². The zero-order valence-electron chi connectivity index (χ0n) is 11.8. The van der Waals surface area contributed by atoms with Gasteiger partial charge in [-0.05, 0) is 32.7 Å². The lowest BCUT2D eigenvalue weighted by Gasteiger charge is -2.40. The SMILES string of the molecule is CCC(C)N1CCCC(N2CC(C(=O)O)CC2=O)C1. The second-order valence-electron chi connectivity index (χ2n) is 5.83. The topological polar surface area (TPSA) is 60.9 Å². The number of carboxylic acid groups (broad SMARTS) is 1. The third-order valence-corrected chi connectivity index (χ3v) is 4.59. The molecule has 2 aliphatic rings. The number of hydrogen-bond donors (Lipinski definition) is 1. The van der Waals surface area contributed by atoms with Crippen LogP contribution in [-0.4, -0.2) is 58.5 Å². The maximum absolute atomic E-state index is 12.0. The first kappa shape index (κ1) is 14.3. The number of nitrogens with zero attached hydrogens (tertiary/aromatic N) is 2. The van der Waals surface area contributed by atoms with Crippen molar-refractivity contribution in [1.29, 1.82) is 0 Å². The minimum atomic E-state index is -0.842. The van der Waals surface area contributed by atoms with Gasteiger partial charge in [0.2, 0.25) is 5.91 Å². The standard InChI is InChI=1S/C14H24N2O3/c1-3-10(2)15-6-4-5-12(9-15)16-8-11(14(18)19)7-13(16)17/h10-12H,3-9H2,1-2H3,(H,18,19). The molecule has 2 saturated heterocycles. The predicted molar refractivity (Wildman–Crippen MR) is 71.8 cm³/mol. The largest absolute Gasteiger partial charge is 0.481 e. The number of piperidine rings is 1. The molecule has 1 amide bonds. The molecule has 5 heteroatoms. The number of carbonyl (C=O) groups is 2. The molecule has 1 N–H and O–H groups in total. The molecular weight excluding hydrogens is 244 g/mol. The van der Waals surface area contributed by atoms with E-state index in [1.54, 1.807) is 0 Å². The fourth-order valence-corrected chi connectivity index (χ4v) is 3.15. The Hall–Kier alpha value is -1.10. The van der Waals surface area contributed by atoms with E-state index in [1.807, 2.05) is 4.90 Å². The van der Waals surface area contributed by atoms with E-state index >= 15 is 0 Å². The number of likely N-dealkylation sites (tertiary alicyclic amines) is 2. The molecule has 2 aliphatic heterocycles. The average Bonchev–Trinajstić information content (AvgIpc) is 2.80. The van der Waals surface area contributed by atoms with Crippen LogP contribution < -0.4 is 0 Å². The van der Waals surface area contributed by atoms with Crippen molar-refractivity contribution in [1.82, 2.24) is 9.80 Å². The predicted octanol–water partition coefficient (Wildman–Crippen LogP) is 1.18. The van der Waals surface area contributed by atoms with Crippen molar-refractivity contribution in [3.05, 3.63) is 0 Å². The maximum atomic E-state index is 12.0. The van der Waals surface area contributed by atoms with Gasteiger partial charge in [-0.25, -0.2) is 0 Å². The molecule has 2 fully saturated rings. The second kappa shape index (κ2) is 5.90. The Kier molecular flexibility index (Phi) is 4.45. The first-order chi connectivity index (χ1) is 9.02. The Morgan fingerprint density at radius 2 is 2.21 bits per heavy atom. The van der Waals surface area contributed by atoms with Crippen molar-refractivity contribution in [3.63, 3.8) is 0 Å². The summed E-state index contributed by atoms with van der Waals surface area (Å²) < 4.78 is 0. The van der Waals surface area contributed by atoms with Gasteiger partial charge in [-0.1, -0.05) is 6.92 Å². The van der Waals surface area contributed by atoms with Gasteiger partial charge in [-0.2, -0.15) is 0 Å². The Morgan fingerprint density at radius 3 is 2.79 bits per heavy atom. The molecule has 0 aromatic rings. The minimum absolute atomic E-state index is 0.0170. The van der Waals surface area contributed by atoms with Crippen molar-refractivity contribution in [2.24, 2.45) is 5.92 Å². The first-order valence-electron chi connectivity index (χ1n) is 7.29. The van der Waals surface area contributed by atoms with Gasteiger partial charge in [0, 0.05) is 31.6 Å². The van der Waals surface area contributed by atoms with Crippen LogP contribution in [0.4, 0.5) is 0 Å². The van der Waals surface area contributed by atoms with Crippen LogP contribution in [0.2, 0.25) is 0 Å². The molecule has 3 unspecified atom stereocenters. The monoisotopic (exact) mass is 268 g/mol. The van der Waals surface area contributed by atoms with Gasteiger partial charge in [0.15, 0.2) is 0 Å². The van der Waals surface area contributed by atoms with Gasteiger partial charge in [0.05, 0.1) is 5.92 Å². The number of rotatable bonds is 4. The molecule has 0 spiro atoms. The molecule has 2 rings (SSSR count). The molecule has 0 radical (unpaired) electrons. The second-order valence-corrected chi connectivity index (χ2v) is 5.83.